The Kier molecular flexibility index (Phi) is 4.81. The number of rotatable bonds is 5. The molecule has 0 aliphatic heterocycles. The van der Waals surface area contributed by atoms with E-state index in [9.17, 15) is 4.79 Å². The predicted octanol–water partition coefficient (Wildman–Crippen LogP) is 1.68. The van der Waals surface area contributed by atoms with Gasteiger partial charge in [0.1, 0.15) is 0 Å². The quantitative estimate of drug-likeness (QED) is 0.863. The number of amides is 1. The van der Waals surface area contributed by atoms with Gasteiger partial charge in [0.05, 0.1) is 23.9 Å². The van der Waals surface area contributed by atoms with Gasteiger partial charge in [-0.3, -0.25) is 9.78 Å². The van der Waals surface area contributed by atoms with Crippen molar-refractivity contribution in [3.63, 3.8) is 0 Å². The number of nitrogens with one attached hydrogen (secondary N) is 2. The third kappa shape index (κ3) is 4.19. The highest BCUT2D eigenvalue weighted by molar-refractivity contribution is 5.92. The molecule has 0 saturated heterocycles. The zero-order chi connectivity index (χ0) is 14.2. The summed E-state index contributed by atoms with van der Waals surface area (Å²) in [5, 5.41) is 14.4. The van der Waals surface area contributed by atoms with E-state index in [1.165, 1.54) is 0 Å². The maximum absolute atomic E-state index is 11.7. The number of aromatic nitrogens is 1. The average molecular weight is 266 g/mol. The minimum atomic E-state index is -0.134. The molecule has 2 aromatic rings. The molecule has 0 spiro atoms. The lowest BCUT2D eigenvalue weighted by atomic mass is 10.2. The van der Waals surface area contributed by atoms with Crippen LogP contribution in [0.4, 0.5) is 5.69 Å². The van der Waals surface area contributed by atoms with Gasteiger partial charge in [0.2, 0.25) is 5.91 Å². The molecule has 20 heavy (non-hydrogen) atoms. The van der Waals surface area contributed by atoms with Crippen LogP contribution in [0, 0.1) is 11.3 Å². The average Bonchev–Trinajstić information content (AvgIpc) is 2.49. The molecule has 0 atom stereocenters. The molecule has 1 amide bonds. The Morgan fingerprint density at radius 1 is 1.20 bits per heavy atom. The molecule has 2 rings (SSSR count). The first-order valence-electron chi connectivity index (χ1n) is 6.18. The van der Waals surface area contributed by atoms with Gasteiger partial charge in [-0.05, 0) is 36.4 Å². The molecule has 0 radical (unpaired) electrons. The van der Waals surface area contributed by atoms with Crippen LogP contribution in [0.2, 0.25) is 0 Å². The third-order valence-corrected chi connectivity index (χ3v) is 2.62. The fraction of sp³-hybridized carbons (Fsp3) is 0.133. The molecule has 1 aromatic heterocycles. The molecule has 0 bridgehead atoms. The number of carbonyl (C=O) groups is 1. The van der Waals surface area contributed by atoms with E-state index in [0.29, 0.717) is 17.8 Å². The predicted molar refractivity (Wildman–Crippen MR) is 75.7 cm³/mol. The molecule has 0 unspecified atom stereocenters. The molecule has 1 aromatic carbocycles. The van der Waals surface area contributed by atoms with E-state index in [0.717, 1.165) is 5.69 Å². The van der Waals surface area contributed by atoms with Crippen molar-refractivity contribution in [2.75, 3.05) is 11.9 Å². The second kappa shape index (κ2) is 7.02. The van der Waals surface area contributed by atoms with Crippen molar-refractivity contribution in [1.29, 1.82) is 5.26 Å². The van der Waals surface area contributed by atoms with E-state index in [1.54, 1.807) is 30.5 Å². The van der Waals surface area contributed by atoms with E-state index in [1.807, 2.05) is 24.3 Å². The number of hydrogen-bond donors (Lipinski definition) is 2. The van der Waals surface area contributed by atoms with Crippen LogP contribution in [0.1, 0.15) is 11.3 Å². The van der Waals surface area contributed by atoms with Gasteiger partial charge >= 0.3 is 0 Å². The third-order valence-electron chi connectivity index (χ3n) is 2.62. The number of benzene rings is 1. The first kappa shape index (κ1) is 13.7. The molecule has 0 fully saturated rings. The highest BCUT2D eigenvalue weighted by Gasteiger charge is 2.02. The highest BCUT2D eigenvalue weighted by atomic mass is 16.1. The standard InChI is InChI=1S/C15H14N4O/c16-9-12-4-6-13(7-5-12)19-15(20)11-17-10-14-3-1-2-8-18-14/h1-8,17H,10-11H2,(H,19,20). The van der Waals surface area contributed by atoms with E-state index in [4.69, 9.17) is 5.26 Å². The van der Waals surface area contributed by atoms with Gasteiger partial charge in [-0.2, -0.15) is 5.26 Å². The summed E-state index contributed by atoms with van der Waals surface area (Å²) in [6.07, 6.45) is 1.72. The van der Waals surface area contributed by atoms with Gasteiger partial charge in [0, 0.05) is 18.4 Å². The Morgan fingerprint density at radius 2 is 2.00 bits per heavy atom. The van der Waals surface area contributed by atoms with Crippen molar-refractivity contribution in [3.05, 3.63) is 59.9 Å². The van der Waals surface area contributed by atoms with Crippen LogP contribution in [0.25, 0.3) is 0 Å². The fourth-order valence-electron chi connectivity index (χ4n) is 1.64. The maximum atomic E-state index is 11.7. The lowest BCUT2D eigenvalue weighted by molar-refractivity contribution is -0.115. The minimum Gasteiger partial charge on any atom is -0.325 e. The fourth-order valence-corrected chi connectivity index (χ4v) is 1.64. The van der Waals surface area contributed by atoms with Gasteiger partial charge in [-0.15, -0.1) is 0 Å². The molecule has 1 heterocycles. The zero-order valence-electron chi connectivity index (χ0n) is 10.8. The van der Waals surface area contributed by atoms with E-state index < -0.39 is 0 Å². The maximum Gasteiger partial charge on any atom is 0.238 e. The Balaban J connectivity index is 1.76. The summed E-state index contributed by atoms with van der Waals surface area (Å²) in [6, 6.07) is 14.4. The lowest BCUT2D eigenvalue weighted by Crippen LogP contribution is -2.27. The Hall–Kier alpha value is -2.71. The SMILES string of the molecule is N#Cc1ccc(NC(=O)CNCc2ccccn2)cc1. The van der Waals surface area contributed by atoms with Crippen LogP contribution in [0.3, 0.4) is 0 Å². The molecular weight excluding hydrogens is 252 g/mol. The molecule has 0 saturated carbocycles. The number of pyridine rings is 1. The van der Waals surface area contributed by atoms with Crippen molar-refractivity contribution in [1.82, 2.24) is 10.3 Å². The number of nitrogens with zero attached hydrogens (tertiary/aromatic N) is 2. The van der Waals surface area contributed by atoms with Gasteiger partial charge in [-0.25, -0.2) is 0 Å². The largest absolute Gasteiger partial charge is 0.325 e. The molecular formula is C15H14N4O. The summed E-state index contributed by atoms with van der Waals surface area (Å²) < 4.78 is 0. The summed E-state index contributed by atoms with van der Waals surface area (Å²) in [5.74, 6) is -0.134. The summed E-state index contributed by atoms with van der Waals surface area (Å²) in [5.41, 5.74) is 2.13. The van der Waals surface area contributed by atoms with Gasteiger partial charge < -0.3 is 10.6 Å². The van der Waals surface area contributed by atoms with E-state index in [-0.39, 0.29) is 12.5 Å². The van der Waals surface area contributed by atoms with Gasteiger partial charge in [0.15, 0.2) is 0 Å². The Bertz CT molecular complexity index is 602. The topological polar surface area (TPSA) is 77.8 Å². The van der Waals surface area contributed by atoms with Crippen LogP contribution in [-0.2, 0) is 11.3 Å². The van der Waals surface area contributed by atoms with Crippen molar-refractivity contribution in [2.24, 2.45) is 0 Å². The Morgan fingerprint density at radius 3 is 2.65 bits per heavy atom. The molecule has 0 aliphatic carbocycles. The van der Waals surface area contributed by atoms with Crippen molar-refractivity contribution in [3.8, 4) is 6.07 Å². The van der Waals surface area contributed by atoms with Crippen LogP contribution in [-0.4, -0.2) is 17.4 Å². The second-order valence-corrected chi connectivity index (χ2v) is 4.16. The summed E-state index contributed by atoms with van der Waals surface area (Å²) in [4.78, 5) is 15.9. The molecule has 2 N–H and O–H groups in total. The van der Waals surface area contributed by atoms with E-state index >= 15 is 0 Å². The smallest absolute Gasteiger partial charge is 0.238 e. The number of nitriles is 1. The van der Waals surface area contributed by atoms with Gasteiger partial charge in [-0.1, -0.05) is 6.07 Å². The van der Waals surface area contributed by atoms with Crippen molar-refractivity contribution in [2.45, 2.75) is 6.54 Å². The number of carbonyl (C=O) groups excluding carboxylic acids is 1. The van der Waals surface area contributed by atoms with Crippen LogP contribution < -0.4 is 10.6 Å². The normalized spacial score (nSPS) is 9.75. The van der Waals surface area contributed by atoms with Crippen molar-refractivity contribution >= 4 is 11.6 Å². The molecule has 5 nitrogen and oxygen atoms in total. The van der Waals surface area contributed by atoms with Gasteiger partial charge in [0.25, 0.3) is 0 Å². The van der Waals surface area contributed by atoms with E-state index in [2.05, 4.69) is 15.6 Å². The first-order valence-corrected chi connectivity index (χ1v) is 6.18. The first-order chi connectivity index (χ1) is 9.78. The summed E-state index contributed by atoms with van der Waals surface area (Å²) in [6.45, 7) is 0.748. The second-order valence-electron chi connectivity index (χ2n) is 4.16. The minimum absolute atomic E-state index is 0.134. The monoisotopic (exact) mass is 266 g/mol. The van der Waals surface area contributed by atoms with Crippen LogP contribution in [0.5, 0.6) is 0 Å². The Labute approximate surface area is 117 Å². The summed E-state index contributed by atoms with van der Waals surface area (Å²) >= 11 is 0. The van der Waals surface area contributed by atoms with Crippen LogP contribution in [0.15, 0.2) is 48.7 Å². The lowest BCUT2D eigenvalue weighted by Gasteiger charge is -2.06. The molecule has 0 aliphatic rings. The number of anilines is 1. The highest BCUT2D eigenvalue weighted by Crippen LogP contribution is 2.08. The van der Waals surface area contributed by atoms with Crippen LogP contribution >= 0.6 is 0 Å². The molecule has 5 heteroatoms. The number of hydrogen-bond acceptors (Lipinski definition) is 4. The zero-order valence-corrected chi connectivity index (χ0v) is 10.8. The summed E-state index contributed by atoms with van der Waals surface area (Å²) in [7, 11) is 0. The molecule has 100 valence electrons. The van der Waals surface area contributed by atoms with Crippen molar-refractivity contribution < 1.29 is 4.79 Å².